The van der Waals surface area contributed by atoms with E-state index in [2.05, 4.69) is 32.7 Å². The van der Waals surface area contributed by atoms with Crippen molar-refractivity contribution in [3.63, 3.8) is 0 Å². The number of aliphatic imine (C=N–C) groups is 1. The third kappa shape index (κ3) is 3.00. The van der Waals surface area contributed by atoms with Crippen LogP contribution < -0.4 is 0 Å². The number of nitro groups is 1. The Balaban J connectivity index is 2.24. The number of alkyl halides is 1. The van der Waals surface area contributed by atoms with Gasteiger partial charge in [-0.3, -0.25) is 20.1 Å². The van der Waals surface area contributed by atoms with Gasteiger partial charge >= 0.3 is 0 Å². The standard InChI is InChI=1S/C11H11IN4O3/c1-19-10-6-13-11(15(7-12)14-10)8-2-4-9(5-3-8)16(17)18/h2-6,11H,7H2,1H3. The van der Waals surface area contributed by atoms with Gasteiger partial charge in [0.15, 0.2) is 6.17 Å². The van der Waals surface area contributed by atoms with Crippen molar-refractivity contribution in [3.8, 4) is 0 Å². The van der Waals surface area contributed by atoms with Gasteiger partial charge in [-0.25, -0.2) is 0 Å². The largest absolute Gasteiger partial charge is 0.479 e. The first-order valence-corrected chi connectivity index (χ1v) is 6.91. The predicted molar refractivity (Wildman–Crippen MR) is 79.5 cm³/mol. The average molecular weight is 374 g/mol. The van der Waals surface area contributed by atoms with E-state index >= 15 is 0 Å². The van der Waals surface area contributed by atoms with Crippen LogP contribution in [0.3, 0.4) is 0 Å². The Labute approximate surface area is 123 Å². The number of rotatable bonds is 3. The van der Waals surface area contributed by atoms with E-state index < -0.39 is 4.92 Å². The fourth-order valence-electron chi connectivity index (χ4n) is 1.63. The highest BCUT2D eigenvalue weighted by Gasteiger charge is 2.21. The van der Waals surface area contributed by atoms with E-state index in [1.165, 1.54) is 19.2 Å². The molecule has 100 valence electrons. The zero-order valence-electron chi connectivity index (χ0n) is 10.1. The molecule has 0 saturated carbocycles. The summed E-state index contributed by atoms with van der Waals surface area (Å²) in [5.74, 6) is 0.440. The van der Waals surface area contributed by atoms with Crippen LogP contribution in [0, 0.1) is 10.1 Å². The normalized spacial score (nSPS) is 18.1. The maximum atomic E-state index is 10.6. The molecular formula is C11H11IN4O3. The molecule has 0 N–H and O–H groups in total. The van der Waals surface area contributed by atoms with Crippen LogP contribution in [-0.4, -0.2) is 33.7 Å². The van der Waals surface area contributed by atoms with Crippen molar-refractivity contribution in [2.75, 3.05) is 11.7 Å². The van der Waals surface area contributed by atoms with Crippen LogP contribution in [0.2, 0.25) is 0 Å². The van der Waals surface area contributed by atoms with E-state index in [1.54, 1.807) is 23.4 Å². The Morgan fingerprint density at radius 1 is 1.47 bits per heavy atom. The van der Waals surface area contributed by atoms with Crippen LogP contribution in [0.4, 0.5) is 5.69 Å². The number of nitrogens with zero attached hydrogens (tertiary/aromatic N) is 4. The lowest BCUT2D eigenvalue weighted by Crippen LogP contribution is -2.28. The summed E-state index contributed by atoms with van der Waals surface area (Å²) in [5.41, 5.74) is 0.906. The van der Waals surface area contributed by atoms with Gasteiger partial charge in [-0.2, -0.15) is 0 Å². The van der Waals surface area contributed by atoms with Gasteiger partial charge in [-0.1, -0.05) is 22.6 Å². The van der Waals surface area contributed by atoms with Crippen LogP contribution in [0.1, 0.15) is 11.7 Å². The smallest absolute Gasteiger partial charge is 0.269 e. The van der Waals surface area contributed by atoms with Gasteiger partial charge in [0.05, 0.1) is 22.8 Å². The number of halogens is 1. The molecule has 2 rings (SSSR count). The molecule has 1 aliphatic heterocycles. The molecule has 0 bridgehead atoms. The summed E-state index contributed by atoms with van der Waals surface area (Å²) in [5, 5.41) is 16.6. The summed E-state index contributed by atoms with van der Waals surface area (Å²) < 4.78 is 5.65. The summed E-state index contributed by atoms with van der Waals surface area (Å²) in [4.78, 5) is 14.5. The quantitative estimate of drug-likeness (QED) is 0.267. The first-order valence-electron chi connectivity index (χ1n) is 5.38. The fourth-order valence-corrected chi connectivity index (χ4v) is 2.16. The Bertz CT molecular complexity index is 529. The summed E-state index contributed by atoms with van der Waals surface area (Å²) in [6.07, 6.45) is 1.27. The second kappa shape index (κ2) is 5.95. The third-order valence-corrected chi connectivity index (χ3v) is 3.27. The van der Waals surface area contributed by atoms with Crippen LogP contribution in [-0.2, 0) is 4.74 Å². The number of hydrogen-bond acceptors (Lipinski definition) is 6. The maximum absolute atomic E-state index is 10.6. The number of hydrazone groups is 1. The molecule has 0 aromatic heterocycles. The highest BCUT2D eigenvalue weighted by molar-refractivity contribution is 14.1. The van der Waals surface area contributed by atoms with E-state index in [0.29, 0.717) is 10.4 Å². The molecule has 19 heavy (non-hydrogen) atoms. The Morgan fingerprint density at radius 3 is 2.68 bits per heavy atom. The number of ether oxygens (including phenoxy) is 1. The number of non-ortho nitro benzene ring substituents is 1. The second-order valence-electron chi connectivity index (χ2n) is 3.70. The summed E-state index contributed by atoms with van der Waals surface area (Å²) >= 11 is 2.17. The average Bonchev–Trinajstić information content (AvgIpc) is 2.46. The minimum atomic E-state index is -0.425. The highest BCUT2D eigenvalue weighted by atomic mass is 127. The van der Waals surface area contributed by atoms with Gasteiger partial charge in [0, 0.05) is 12.1 Å². The highest BCUT2D eigenvalue weighted by Crippen LogP contribution is 2.27. The molecule has 8 heteroatoms. The van der Waals surface area contributed by atoms with Crippen molar-refractivity contribution in [1.82, 2.24) is 5.01 Å². The van der Waals surface area contributed by atoms with E-state index in [1.807, 2.05) is 0 Å². The Hall–Kier alpha value is -1.71. The van der Waals surface area contributed by atoms with Crippen molar-refractivity contribution in [3.05, 3.63) is 39.9 Å². The molecule has 0 saturated heterocycles. The molecule has 1 heterocycles. The molecule has 0 amide bonds. The van der Waals surface area contributed by atoms with Crippen molar-refractivity contribution in [1.29, 1.82) is 0 Å². The zero-order valence-corrected chi connectivity index (χ0v) is 12.2. The predicted octanol–water partition coefficient (Wildman–Crippen LogP) is 2.33. The molecule has 0 fully saturated rings. The number of benzene rings is 1. The summed E-state index contributed by atoms with van der Waals surface area (Å²) in [7, 11) is 1.53. The minimum Gasteiger partial charge on any atom is -0.479 e. The van der Waals surface area contributed by atoms with E-state index in [-0.39, 0.29) is 11.9 Å². The SMILES string of the molecule is COC1=NN(CI)C(c2ccc([N+](=O)[O-])cc2)N=C1. The monoisotopic (exact) mass is 374 g/mol. The molecule has 0 radical (unpaired) electrons. The van der Waals surface area contributed by atoms with E-state index in [9.17, 15) is 10.1 Å². The van der Waals surface area contributed by atoms with Crippen molar-refractivity contribution >= 4 is 40.4 Å². The Kier molecular flexibility index (Phi) is 4.30. The van der Waals surface area contributed by atoms with Gasteiger partial charge in [0.25, 0.3) is 5.69 Å². The van der Waals surface area contributed by atoms with E-state index in [4.69, 9.17) is 4.74 Å². The second-order valence-corrected chi connectivity index (χ2v) is 4.38. The first-order chi connectivity index (χ1) is 9.15. The minimum absolute atomic E-state index is 0.0608. The molecule has 0 aliphatic carbocycles. The summed E-state index contributed by atoms with van der Waals surface area (Å²) in [6.45, 7) is 0. The Morgan fingerprint density at radius 2 is 2.16 bits per heavy atom. The first kappa shape index (κ1) is 13.7. The zero-order chi connectivity index (χ0) is 13.8. The molecule has 0 spiro atoms. The fraction of sp³-hybridized carbons (Fsp3) is 0.273. The third-order valence-electron chi connectivity index (χ3n) is 2.57. The number of hydrogen-bond donors (Lipinski definition) is 0. The van der Waals surface area contributed by atoms with Crippen molar-refractivity contribution in [2.45, 2.75) is 6.17 Å². The van der Waals surface area contributed by atoms with Gasteiger partial charge in [0.1, 0.15) is 0 Å². The topological polar surface area (TPSA) is 80.3 Å². The lowest BCUT2D eigenvalue weighted by Gasteiger charge is -2.27. The van der Waals surface area contributed by atoms with E-state index in [0.717, 1.165) is 5.56 Å². The summed E-state index contributed by atoms with van der Waals surface area (Å²) in [6, 6.07) is 6.30. The van der Waals surface area contributed by atoms with Crippen LogP contribution in [0.5, 0.6) is 0 Å². The lowest BCUT2D eigenvalue weighted by atomic mass is 10.1. The van der Waals surface area contributed by atoms with Gasteiger partial charge in [0.2, 0.25) is 5.90 Å². The van der Waals surface area contributed by atoms with Crippen LogP contribution in [0.25, 0.3) is 0 Å². The molecule has 1 atom stereocenters. The van der Waals surface area contributed by atoms with Crippen molar-refractivity contribution < 1.29 is 9.66 Å². The van der Waals surface area contributed by atoms with Gasteiger partial charge in [-0.15, -0.1) is 5.10 Å². The number of methoxy groups -OCH3 is 1. The van der Waals surface area contributed by atoms with Gasteiger partial charge < -0.3 is 4.74 Å². The van der Waals surface area contributed by atoms with Crippen molar-refractivity contribution in [2.24, 2.45) is 10.1 Å². The molecule has 1 aromatic carbocycles. The maximum Gasteiger partial charge on any atom is 0.269 e. The molecule has 1 unspecified atom stereocenters. The molecule has 7 nitrogen and oxygen atoms in total. The van der Waals surface area contributed by atoms with Crippen LogP contribution >= 0.6 is 22.6 Å². The molecular weight excluding hydrogens is 363 g/mol. The van der Waals surface area contributed by atoms with Gasteiger partial charge in [-0.05, 0) is 17.7 Å². The number of nitro benzene ring substituents is 1. The lowest BCUT2D eigenvalue weighted by molar-refractivity contribution is -0.384. The molecule has 1 aromatic rings. The van der Waals surface area contributed by atoms with Crippen LogP contribution in [0.15, 0.2) is 34.4 Å². The molecule has 1 aliphatic rings.